The van der Waals surface area contributed by atoms with Crippen LogP contribution in [0.15, 0.2) is 0 Å². The van der Waals surface area contributed by atoms with Crippen molar-refractivity contribution in [2.24, 2.45) is 5.73 Å². The van der Waals surface area contributed by atoms with E-state index in [1.54, 1.807) is 0 Å². The lowest BCUT2D eigenvalue weighted by atomic mass is 10.1. The summed E-state index contributed by atoms with van der Waals surface area (Å²) in [5.74, 6) is -0.994. The molecule has 1 amide bonds. The zero-order valence-corrected chi connectivity index (χ0v) is 9.83. The number of nitrogens with two attached hydrogens (primary N) is 1. The summed E-state index contributed by atoms with van der Waals surface area (Å²) in [6.07, 6.45) is 2.55. The standard InChI is InChI=1S/C9H16N2O4S/c1-16-5-6(4-12)11-8(13)3-2-7(10)9(14)15/h4,6-7H,2-3,5,10H2,1H3,(H,11,13)(H,14,15). The summed E-state index contributed by atoms with van der Waals surface area (Å²) in [5.41, 5.74) is 5.23. The summed E-state index contributed by atoms with van der Waals surface area (Å²) in [5, 5.41) is 11.0. The first-order chi connectivity index (χ1) is 7.51. The van der Waals surface area contributed by atoms with Crippen molar-refractivity contribution in [1.82, 2.24) is 5.32 Å². The van der Waals surface area contributed by atoms with Crippen LogP contribution in [0.4, 0.5) is 0 Å². The van der Waals surface area contributed by atoms with Crippen molar-refractivity contribution in [3.05, 3.63) is 0 Å². The van der Waals surface area contributed by atoms with Crippen LogP contribution in [0, 0.1) is 0 Å². The van der Waals surface area contributed by atoms with Crippen molar-refractivity contribution in [2.75, 3.05) is 12.0 Å². The SMILES string of the molecule is CSCC(C=O)NC(=O)CCC(N)C(=O)O. The first-order valence-electron chi connectivity index (χ1n) is 4.73. The van der Waals surface area contributed by atoms with Crippen LogP contribution in [0.25, 0.3) is 0 Å². The van der Waals surface area contributed by atoms with Gasteiger partial charge in [0.1, 0.15) is 12.3 Å². The summed E-state index contributed by atoms with van der Waals surface area (Å²) in [6.45, 7) is 0. The Morgan fingerprint density at radius 1 is 1.56 bits per heavy atom. The summed E-state index contributed by atoms with van der Waals surface area (Å²) in [6, 6.07) is -1.57. The molecule has 0 aliphatic rings. The van der Waals surface area contributed by atoms with E-state index in [1.165, 1.54) is 11.8 Å². The molecule has 2 atom stereocenters. The van der Waals surface area contributed by atoms with Crippen LogP contribution >= 0.6 is 11.8 Å². The third-order valence-corrected chi connectivity index (χ3v) is 2.55. The van der Waals surface area contributed by atoms with Crippen molar-refractivity contribution in [1.29, 1.82) is 0 Å². The Morgan fingerprint density at radius 2 is 2.19 bits per heavy atom. The molecule has 7 heteroatoms. The molecule has 0 spiro atoms. The Bertz CT molecular complexity index is 260. The molecule has 16 heavy (non-hydrogen) atoms. The number of hydrogen-bond donors (Lipinski definition) is 3. The number of carbonyl (C=O) groups excluding carboxylic acids is 2. The largest absolute Gasteiger partial charge is 0.480 e. The van der Waals surface area contributed by atoms with Gasteiger partial charge in [0, 0.05) is 12.2 Å². The van der Waals surface area contributed by atoms with Gasteiger partial charge in [-0.1, -0.05) is 0 Å². The van der Waals surface area contributed by atoms with Gasteiger partial charge in [0.15, 0.2) is 0 Å². The fourth-order valence-electron chi connectivity index (χ4n) is 0.984. The summed E-state index contributed by atoms with van der Waals surface area (Å²) >= 11 is 1.44. The number of carboxylic acids is 1. The Balaban J connectivity index is 3.89. The second-order valence-corrected chi connectivity index (χ2v) is 4.16. The van der Waals surface area contributed by atoms with Crippen LogP contribution in [0.2, 0.25) is 0 Å². The Labute approximate surface area is 98.0 Å². The maximum Gasteiger partial charge on any atom is 0.320 e. The van der Waals surface area contributed by atoms with E-state index in [1.807, 2.05) is 6.26 Å². The van der Waals surface area contributed by atoms with Crippen LogP contribution in [0.5, 0.6) is 0 Å². The number of rotatable bonds is 8. The van der Waals surface area contributed by atoms with Gasteiger partial charge in [-0.25, -0.2) is 0 Å². The molecule has 0 aromatic heterocycles. The second-order valence-electron chi connectivity index (χ2n) is 3.25. The van der Waals surface area contributed by atoms with E-state index in [-0.39, 0.29) is 18.7 Å². The quantitative estimate of drug-likeness (QED) is 0.486. The Hall–Kier alpha value is -1.08. The summed E-state index contributed by atoms with van der Waals surface area (Å²) < 4.78 is 0. The van der Waals surface area contributed by atoms with Crippen LogP contribution in [0.1, 0.15) is 12.8 Å². The fourth-order valence-corrected chi connectivity index (χ4v) is 1.50. The molecule has 0 radical (unpaired) electrons. The van der Waals surface area contributed by atoms with E-state index in [2.05, 4.69) is 5.32 Å². The zero-order valence-electron chi connectivity index (χ0n) is 9.01. The first-order valence-corrected chi connectivity index (χ1v) is 6.12. The average molecular weight is 248 g/mol. The van der Waals surface area contributed by atoms with Gasteiger partial charge in [-0.3, -0.25) is 9.59 Å². The fraction of sp³-hybridized carbons (Fsp3) is 0.667. The average Bonchev–Trinajstić information content (AvgIpc) is 2.24. The third kappa shape index (κ3) is 6.41. The normalized spacial score (nSPS) is 13.9. The number of carbonyl (C=O) groups is 3. The molecule has 0 bridgehead atoms. The van der Waals surface area contributed by atoms with Gasteiger partial charge < -0.3 is 21.0 Å². The highest BCUT2D eigenvalue weighted by Crippen LogP contribution is 1.98. The van der Waals surface area contributed by atoms with E-state index in [9.17, 15) is 14.4 Å². The first kappa shape index (κ1) is 14.9. The highest BCUT2D eigenvalue weighted by atomic mass is 32.2. The lowest BCUT2D eigenvalue weighted by molar-refractivity contribution is -0.138. The molecule has 92 valence electrons. The zero-order chi connectivity index (χ0) is 12.6. The van der Waals surface area contributed by atoms with Crippen molar-refractivity contribution < 1.29 is 19.5 Å². The molecule has 0 aromatic rings. The van der Waals surface area contributed by atoms with Crippen LogP contribution < -0.4 is 11.1 Å². The summed E-state index contributed by atoms with van der Waals surface area (Å²) in [7, 11) is 0. The number of hydrogen-bond acceptors (Lipinski definition) is 5. The number of carboxylic acid groups (broad SMARTS) is 1. The number of amides is 1. The molecule has 0 saturated carbocycles. The Kier molecular flexibility index (Phi) is 7.57. The Morgan fingerprint density at radius 3 is 2.62 bits per heavy atom. The van der Waals surface area contributed by atoms with Gasteiger partial charge in [0.2, 0.25) is 5.91 Å². The molecule has 0 aliphatic carbocycles. The van der Waals surface area contributed by atoms with E-state index in [4.69, 9.17) is 10.8 Å². The minimum atomic E-state index is -1.14. The topological polar surface area (TPSA) is 109 Å². The monoisotopic (exact) mass is 248 g/mol. The maximum absolute atomic E-state index is 11.3. The molecule has 0 fully saturated rings. The molecular weight excluding hydrogens is 232 g/mol. The number of aliphatic carboxylic acids is 1. The van der Waals surface area contributed by atoms with Crippen LogP contribution in [0.3, 0.4) is 0 Å². The van der Waals surface area contributed by atoms with Gasteiger partial charge in [0.25, 0.3) is 0 Å². The number of aldehydes is 1. The molecule has 0 rings (SSSR count). The third-order valence-electron chi connectivity index (χ3n) is 1.86. The minimum absolute atomic E-state index is 0.00614. The smallest absolute Gasteiger partial charge is 0.320 e. The second kappa shape index (κ2) is 8.12. The minimum Gasteiger partial charge on any atom is -0.480 e. The van der Waals surface area contributed by atoms with E-state index in [0.29, 0.717) is 12.0 Å². The van der Waals surface area contributed by atoms with Crippen molar-refractivity contribution >= 4 is 29.9 Å². The van der Waals surface area contributed by atoms with Crippen LogP contribution in [-0.2, 0) is 14.4 Å². The van der Waals surface area contributed by atoms with E-state index < -0.39 is 18.1 Å². The van der Waals surface area contributed by atoms with E-state index in [0.717, 1.165) is 0 Å². The highest BCUT2D eigenvalue weighted by molar-refractivity contribution is 7.98. The van der Waals surface area contributed by atoms with E-state index >= 15 is 0 Å². The molecule has 0 aromatic carbocycles. The molecular formula is C9H16N2O4S. The molecule has 0 saturated heterocycles. The highest BCUT2D eigenvalue weighted by Gasteiger charge is 2.15. The maximum atomic E-state index is 11.3. The predicted octanol–water partition coefficient (Wildman–Crippen LogP) is -0.775. The van der Waals surface area contributed by atoms with Crippen molar-refractivity contribution in [2.45, 2.75) is 24.9 Å². The molecule has 6 nitrogen and oxygen atoms in total. The number of thioether (sulfide) groups is 1. The molecule has 2 unspecified atom stereocenters. The lowest BCUT2D eigenvalue weighted by Crippen LogP contribution is -2.39. The van der Waals surface area contributed by atoms with Gasteiger partial charge >= 0.3 is 5.97 Å². The van der Waals surface area contributed by atoms with Gasteiger partial charge in [-0.2, -0.15) is 11.8 Å². The predicted molar refractivity (Wildman–Crippen MR) is 61.2 cm³/mol. The summed E-state index contributed by atoms with van der Waals surface area (Å²) in [4.78, 5) is 32.2. The van der Waals surface area contributed by atoms with Gasteiger partial charge in [0.05, 0.1) is 6.04 Å². The van der Waals surface area contributed by atoms with Gasteiger partial charge in [-0.15, -0.1) is 0 Å². The van der Waals surface area contributed by atoms with Crippen molar-refractivity contribution in [3.63, 3.8) is 0 Å². The molecule has 0 heterocycles. The molecule has 0 aliphatic heterocycles. The van der Waals surface area contributed by atoms with Crippen molar-refractivity contribution in [3.8, 4) is 0 Å². The lowest BCUT2D eigenvalue weighted by Gasteiger charge is -2.12. The van der Waals surface area contributed by atoms with Gasteiger partial charge in [-0.05, 0) is 12.7 Å². The molecule has 4 N–H and O–H groups in total. The number of nitrogens with one attached hydrogen (secondary N) is 1. The van der Waals surface area contributed by atoms with Crippen LogP contribution in [-0.4, -0.2) is 47.4 Å².